The van der Waals surface area contributed by atoms with Gasteiger partial charge in [0.2, 0.25) is 0 Å². The maximum Gasteiger partial charge on any atom is 0.275 e. The Morgan fingerprint density at radius 3 is 2.38 bits per heavy atom. The van der Waals surface area contributed by atoms with Gasteiger partial charge in [-0.15, -0.1) is 0 Å². The molecule has 0 saturated carbocycles. The summed E-state index contributed by atoms with van der Waals surface area (Å²) in [5, 5.41) is 5.07. The van der Waals surface area contributed by atoms with Gasteiger partial charge in [-0.1, -0.05) is 45.2 Å². The second-order valence-electron chi connectivity index (χ2n) is 6.44. The zero-order valence-corrected chi connectivity index (χ0v) is 20.3. The molecule has 9 heteroatoms. The summed E-state index contributed by atoms with van der Waals surface area (Å²) in [7, 11) is 3.03. The first-order valence-electron chi connectivity index (χ1n) is 9.33. The number of amides is 1. The number of nitrogens with zero attached hydrogens (tertiary/aromatic N) is 1. The molecule has 0 fully saturated rings. The monoisotopic (exact) mass is 536 g/mol. The average molecular weight is 538 g/mol. The lowest BCUT2D eigenvalue weighted by atomic mass is 10.2. The molecule has 0 aliphatic heterocycles. The van der Waals surface area contributed by atoms with Gasteiger partial charge < -0.3 is 14.2 Å². The van der Waals surface area contributed by atoms with Gasteiger partial charge in [-0.2, -0.15) is 5.10 Å². The number of methoxy groups -OCH3 is 2. The Labute approximate surface area is 204 Å². The van der Waals surface area contributed by atoms with Crippen molar-refractivity contribution in [2.45, 2.75) is 6.61 Å². The van der Waals surface area contributed by atoms with Crippen LogP contribution in [0.5, 0.6) is 17.2 Å². The minimum atomic E-state index is -0.400. The van der Waals surface area contributed by atoms with Crippen LogP contribution >= 0.6 is 39.1 Å². The summed E-state index contributed by atoms with van der Waals surface area (Å²) in [6, 6.07) is 15.7. The maximum atomic E-state index is 12.4. The summed E-state index contributed by atoms with van der Waals surface area (Å²) in [6.45, 7) is 0.187. The first kappa shape index (κ1) is 23.9. The van der Waals surface area contributed by atoms with E-state index in [4.69, 9.17) is 37.4 Å². The van der Waals surface area contributed by atoms with Gasteiger partial charge in [0, 0.05) is 20.1 Å². The molecule has 0 saturated heterocycles. The molecule has 0 aliphatic carbocycles. The molecule has 1 N–H and O–H groups in total. The molecule has 0 aliphatic rings. The van der Waals surface area contributed by atoms with Crippen LogP contribution in [-0.4, -0.2) is 26.3 Å². The highest BCUT2D eigenvalue weighted by Gasteiger charge is 2.13. The van der Waals surface area contributed by atoms with E-state index in [-0.39, 0.29) is 6.61 Å². The van der Waals surface area contributed by atoms with Crippen LogP contribution in [0.25, 0.3) is 0 Å². The third-order valence-corrected chi connectivity index (χ3v) is 5.61. The highest BCUT2D eigenvalue weighted by molar-refractivity contribution is 9.10. The molecule has 166 valence electrons. The first-order chi connectivity index (χ1) is 15.4. The molecular formula is C23H19BrCl2N2O4. The Hall–Kier alpha value is -2.74. The van der Waals surface area contributed by atoms with Crippen LogP contribution in [0.4, 0.5) is 0 Å². The Balaban J connectivity index is 1.68. The number of hydrogen-bond acceptors (Lipinski definition) is 5. The van der Waals surface area contributed by atoms with E-state index in [1.165, 1.54) is 20.4 Å². The van der Waals surface area contributed by atoms with E-state index in [0.717, 1.165) is 4.47 Å². The second-order valence-corrected chi connectivity index (χ2v) is 8.17. The standard InChI is InChI=1S/C23H19BrCl2N2O4/c1-30-20-9-7-15(24)11-16(20)23(29)28-27-12-14-6-8-21(22(10-14)31-2)32-13-17-18(25)4-3-5-19(17)26/h3-12H,13H2,1-2H3,(H,28,29)/b27-12-. The Kier molecular flexibility index (Phi) is 8.39. The van der Waals surface area contributed by atoms with Crippen LogP contribution < -0.4 is 19.6 Å². The number of hydrogen-bond donors (Lipinski definition) is 1. The summed E-state index contributed by atoms with van der Waals surface area (Å²) in [5.41, 5.74) is 4.24. The number of carbonyl (C=O) groups excluding carboxylic acids is 1. The lowest BCUT2D eigenvalue weighted by Crippen LogP contribution is -2.18. The molecule has 0 aromatic heterocycles. The van der Waals surface area contributed by atoms with Gasteiger partial charge in [0.05, 0.1) is 26.0 Å². The van der Waals surface area contributed by atoms with E-state index < -0.39 is 5.91 Å². The van der Waals surface area contributed by atoms with Crippen molar-refractivity contribution in [2.24, 2.45) is 5.10 Å². The van der Waals surface area contributed by atoms with E-state index in [1.807, 2.05) is 0 Å². The van der Waals surface area contributed by atoms with Crippen molar-refractivity contribution in [3.05, 3.63) is 85.8 Å². The number of hydrazone groups is 1. The minimum absolute atomic E-state index is 0.187. The van der Waals surface area contributed by atoms with Crippen molar-refractivity contribution in [3.63, 3.8) is 0 Å². The zero-order chi connectivity index (χ0) is 23.1. The fourth-order valence-corrected chi connectivity index (χ4v) is 3.65. The van der Waals surface area contributed by atoms with E-state index >= 15 is 0 Å². The van der Waals surface area contributed by atoms with Gasteiger partial charge in [0.25, 0.3) is 5.91 Å². The lowest BCUT2D eigenvalue weighted by molar-refractivity contribution is 0.0952. The van der Waals surface area contributed by atoms with E-state index in [1.54, 1.807) is 54.6 Å². The van der Waals surface area contributed by atoms with Gasteiger partial charge >= 0.3 is 0 Å². The zero-order valence-electron chi connectivity index (χ0n) is 17.2. The van der Waals surface area contributed by atoms with Crippen LogP contribution in [0.15, 0.2) is 64.2 Å². The largest absolute Gasteiger partial charge is 0.496 e. The molecule has 0 heterocycles. The van der Waals surface area contributed by atoms with Crippen molar-refractivity contribution >= 4 is 51.3 Å². The van der Waals surface area contributed by atoms with Gasteiger partial charge in [-0.05, 0) is 54.1 Å². The van der Waals surface area contributed by atoms with Gasteiger partial charge in [0.15, 0.2) is 11.5 Å². The van der Waals surface area contributed by atoms with Crippen molar-refractivity contribution in [1.29, 1.82) is 0 Å². The number of carbonyl (C=O) groups is 1. The summed E-state index contributed by atoms with van der Waals surface area (Å²) in [4.78, 5) is 12.4. The molecule has 0 atom stereocenters. The summed E-state index contributed by atoms with van der Waals surface area (Å²) >= 11 is 15.7. The Morgan fingerprint density at radius 1 is 1.00 bits per heavy atom. The van der Waals surface area contributed by atoms with Crippen LogP contribution in [0.1, 0.15) is 21.5 Å². The fourth-order valence-electron chi connectivity index (χ4n) is 2.79. The number of rotatable bonds is 8. The number of halogens is 3. The molecule has 3 rings (SSSR count). The lowest BCUT2D eigenvalue weighted by Gasteiger charge is -2.13. The third-order valence-electron chi connectivity index (χ3n) is 4.41. The first-order valence-corrected chi connectivity index (χ1v) is 10.9. The summed E-state index contributed by atoms with van der Waals surface area (Å²) < 4.78 is 17.2. The van der Waals surface area contributed by atoms with Crippen molar-refractivity contribution in [1.82, 2.24) is 5.43 Å². The van der Waals surface area contributed by atoms with E-state index in [9.17, 15) is 4.79 Å². The normalized spacial score (nSPS) is 10.8. The maximum absolute atomic E-state index is 12.4. The quantitative estimate of drug-likeness (QED) is 0.278. The number of benzene rings is 3. The molecular weight excluding hydrogens is 519 g/mol. The third kappa shape index (κ3) is 5.94. The molecule has 1 amide bonds. The van der Waals surface area contributed by atoms with Crippen LogP contribution in [0.3, 0.4) is 0 Å². The molecule has 3 aromatic rings. The summed E-state index contributed by atoms with van der Waals surface area (Å²) in [6.07, 6.45) is 1.50. The number of ether oxygens (including phenoxy) is 3. The predicted octanol–water partition coefficient (Wildman–Crippen LogP) is 6.12. The van der Waals surface area contributed by atoms with Crippen LogP contribution in [-0.2, 0) is 6.61 Å². The fraction of sp³-hybridized carbons (Fsp3) is 0.130. The van der Waals surface area contributed by atoms with Gasteiger partial charge in [-0.3, -0.25) is 4.79 Å². The van der Waals surface area contributed by atoms with Crippen LogP contribution in [0.2, 0.25) is 10.0 Å². The molecule has 32 heavy (non-hydrogen) atoms. The highest BCUT2D eigenvalue weighted by atomic mass is 79.9. The Morgan fingerprint density at radius 2 is 1.69 bits per heavy atom. The predicted molar refractivity (Wildman–Crippen MR) is 130 cm³/mol. The van der Waals surface area contributed by atoms with Gasteiger partial charge in [-0.25, -0.2) is 5.43 Å². The average Bonchev–Trinajstić information content (AvgIpc) is 2.79. The van der Waals surface area contributed by atoms with Gasteiger partial charge in [0.1, 0.15) is 12.4 Å². The smallest absolute Gasteiger partial charge is 0.275 e. The number of nitrogens with one attached hydrogen (secondary N) is 1. The highest BCUT2D eigenvalue weighted by Crippen LogP contribution is 2.31. The second kappa shape index (κ2) is 11.2. The molecule has 0 bridgehead atoms. The summed E-state index contributed by atoms with van der Waals surface area (Å²) in [5.74, 6) is 1.06. The minimum Gasteiger partial charge on any atom is -0.496 e. The van der Waals surface area contributed by atoms with Crippen LogP contribution in [0, 0.1) is 0 Å². The SMILES string of the molecule is COc1cc(/C=N\NC(=O)c2cc(Br)ccc2OC)ccc1OCc1c(Cl)cccc1Cl. The van der Waals surface area contributed by atoms with Crippen molar-refractivity contribution in [2.75, 3.05) is 14.2 Å². The van der Waals surface area contributed by atoms with E-state index in [0.29, 0.717) is 44.0 Å². The topological polar surface area (TPSA) is 69.2 Å². The molecule has 0 unspecified atom stereocenters. The van der Waals surface area contributed by atoms with Crippen molar-refractivity contribution in [3.8, 4) is 17.2 Å². The molecule has 6 nitrogen and oxygen atoms in total. The Bertz CT molecular complexity index is 1130. The molecule has 3 aromatic carbocycles. The van der Waals surface area contributed by atoms with E-state index in [2.05, 4.69) is 26.5 Å². The molecule has 0 spiro atoms. The molecule has 0 radical (unpaired) electrons. The van der Waals surface area contributed by atoms with Crippen molar-refractivity contribution < 1.29 is 19.0 Å².